The molecule has 2 rings (SSSR count). The maximum absolute atomic E-state index is 6.50. The van der Waals surface area contributed by atoms with E-state index in [4.69, 9.17) is 15.2 Å². The molecule has 4 heteroatoms. The summed E-state index contributed by atoms with van der Waals surface area (Å²) >= 11 is 2.35. The molecule has 0 aliphatic carbocycles. The van der Waals surface area contributed by atoms with Crippen LogP contribution in [0.5, 0.6) is 11.5 Å². The molecule has 0 aromatic heterocycles. The lowest BCUT2D eigenvalue weighted by Crippen LogP contribution is -2.15. The number of nitrogens with two attached hydrogens (primary N) is 1. The van der Waals surface area contributed by atoms with Gasteiger partial charge in [0.05, 0.1) is 20.3 Å². The second-order valence-electron chi connectivity index (χ2n) is 5.02. The van der Waals surface area contributed by atoms with Crippen molar-refractivity contribution in [1.29, 1.82) is 0 Å². The summed E-state index contributed by atoms with van der Waals surface area (Å²) in [5, 5.41) is 0. The Kier molecular flexibility index (Phi) is 5.11. The highest BCUT2D eigenvalue weighted by Crippen LogP contribution is 2.35. The van der Waals surface area contributed by atoms with Crippen LogP contribution < -0.4 is 15.2 Å². The summed E-state index contributed by atoms with van der Waals surface area (Å²) in [7, 11) is 3.28. The van der Waals surface area contributed by atoms with E-state index in [2.05, 4.69) is 41.6 Å². The Labute approximate surface area is 139 Å². The maximum atomic E-state index is 6.50. The first-order valence-corrected chi connectivity index (χ1v) is 7.80. The third-order valence-corrected chi connectivity index (χ3v) is 5.14. The van der Waals surface area contributed by atoms with E-state index >= 15 is 0 Å². The van der Waals surface area contributed by atoms with Crippen LogP contribution in [0.1, 0.15) is 28.3 Å². The molecule has 2 aromatic carbocycles. The second kappa shape index (κ2) is 6.66. The summed E-state index contributed by atoms with van der Waals surface area (Å²) < 4.78 is 11.9. The molecule has 1 unspecified atom stereocenters. The Morgan fingerprint density at radius 1 is 0.952 bits per heavy atom. The molecule has 0 aliphatic rings. The minimum absolute atomic E-state index is 0.184. The Balaban J connectivity index is 2.53. The molecule has 1 atom stereocenters. The minimum atomic E-state index is -0.184. The molecule has 0 saturated heterocycles. The van der Waals surface area contributed by atoms with Gasteiger partial charge in [-0.15, -0.1) is 0 Å². The smallest absolute Gasteiger partial charge is 0.161 e. The fourth-order valence-electron chi connectivity index (χ4n) is 2.41. The van der Waals surface area contributed by atoms with Crippen LogP contribution >= 0.6 is 22.6 Å². The van der Waals surface area contributed by atoms with Crippen LogP contribution in [0, 0.1) is 17.4 Å². The molecule has 2 N–H and O–H groups in total. The molecule has 0 spiro atoms. The predicted molar refractivity (Wildman–Crippen MR) is 94.2 cm³/mol. The van der Waals surface area contributed by atoms with Gasteiger partial charge in [0.1, 0.15) is 0 Å². The molecule has 112 valence electrons. The Bertz CT molecular complexity index is 655. The number of aryl methyl sites for hydroxylation is 2. The first-order valence-electron chi connectivity index (χ1n) is 6.72. The van der Waals surface area contributed by atoms with E-state index in [9.17, 15) is 0 Å². The van der Waals surface area contributed by atoms with E-state index in [1.807, 2.05) is 25.1 Å². The van der Waals surface area contributed by atoms with Gasteiger partial charge in [0.2, 0.25) is 0 Å². The number of ether oxygens (including phenoxy) is 2. The van der Waals surface area contributed by atoms with Crippen molar-refractivity contribution in [1.82, 2.24) is 0 Å². The summed E-state index contributed by atoms with van der Waals surface area (Å²) in [6.45, 7) is 4.14. The monoisotopic (exact) mass is 397 g/mol. The zero-order valence-corrected chi connectivity index (χ0v) is 14.9. The largest absolute Gasteiger partial charge is 0.493 e. The number of methoxy groups -OCH3 is 2. The summed E-state index contributed by atoms with van der Waals surface area (Å²) in [5.74, 6) is 1.43. The zero-order valence-electron chi connectivity index (χ0n) is 12.7. The highest BCUT2D eigenvalue weighted by Gasteiger charge is 2.18. The number of hydrogen-bond acceptors (Lipinski definition) is 3. The van der Waals surface area contributed by atoms with E-state index in [1.54, 1.807) is 14.2 Å². The standard InChI is InChI=1S/C17H20INO2/c1-10-6-5-7-12(16(10)18)17(19)13-9-15(21-4)14(20-3)8-11(13)2/h5-9,17H,19H2,1-4H3. The van der Waals surface area contributed by atoms with Crippen LogP contribution in [0.2, 0.25) is 0 Å². The molecule has 0 fully saturated rings. The SMILES string of the molecule is COc1cc(C)c(C(N)c2cccc(C)c2I)cc1OC. The van der Waals surface area contributed by atoms with Gasteiger partial charge >= 0.3 is 0 Å². The van der Waals surface area contributed by atoms with Crippen molar-refractivity contribution >= 4 is 22.6 Å². The van der Waals surface area contributed by atoms with Crippen molar-refractivity contribution in [2.75, 3.05) is 14.2 Å². The lowest BCUT2D eigenvalue weighted by molar-refractivity contribution is 0.354. The number of halogens is 1. The van der Waals surface area contributed by atoms with E-state index in [0.717, 1.165) is 22.4 Å². The van der Waals surface area contributed by atoms with E-state index in [-0.39, 0.29) is 6.04 Å². The van der Waals surface area contributed by atoms with Gasteiger partial charge in [0.25, 0.3) is 0 Å². The van der Waals surface area contributed by atoms with Crippen LogP contribution in [0.25, 0.3) is 0 Å². The zero-order chi connectivity index (χ0) is 15.6. The van der Waals surface area contributed by atoms with Gasteiger partial charge in [-0.1, -0.05) is 18.2 Å². The third-order valence-electron chi connectivity index (χ3n) is 3.66. The molecule has 0 aliphatic heterocycles. The number of hydrogen-bond donors (Lipinski definition) is 1. The van der Waals surface area contributed by atoms with Gasteiger partial charge in [0, 0.05) is 3.57 Å². The highest BCUT2D eigenvalue weighted by atomic mass is 127. The summed E-state index contributed by atoms with van der Waals surface area (Å²) in [5.41, 5.74) is 11.0. The molecular formula is C17H20INO2. The van der Waals surface area contributed by atoms with Crippen LogP contribution in [0.3, 0.4) is 0 Å². The van der Waals surface area contributed by atoms with Crippen LogP contribution in [-0.4, -0.2) is 14.2 Å². The van der Waals surface area contributed by atoms with Gasteiger partial charge in [-0.05, 0) is 70.8 Å². The second-order valence-corrected chi connectivity index (χ2v) is 6.10. The van der Waals surface area contributed by atoms with Gasteiger partial charge in [-0.25, -0.2) is 0 Å². The normalized spacial score (nSPS) is 12.1. The predicted octanol–water partition coefficient (Wildman–Crippen LogP) is 3.97. The van der Waals surface area contributed by atoms with E-state index < -0.39 is 0 Å². The van der Waals surface area contributed by atoms with Gasteiger partial charge < -0.3 is 15.2 Å². The van der Waals surface area contributed by atoms with E-state index in [1.165, 1.54) is 9.13 Å². The van der Waals surface area contributed by atoms with Gasteiger partial charge in [-0.3, -0.25) is 0 Å². The highest BCUT2D eigenvalue weighted by molar-refractivity contribution is 14.1. The Morgan fingerprint density at radius 3 is 2.19 bits per heavy atom. The molecule has 0 amide bonds. The first-order chi connectivity index (χ1) is 9.99. The molecule has 21 heavy (non-hydrogen) atoms. The average molecular weight is 397 g/mol. The Hall–Kier alpha value is -1.27. The van der Waals surface area contributed by atoms with E-state index in [0.29, 0.717) is 5.75 Å². The molecule has 0 heterocycles. The average Bonchev–Trinajstić information content (AvgIpc) is 2.49. The van der Waals surface area contributed by atoms with Crippen LogP contribution in [0.4, 0.5) is 0 Å². The molecule has 0 radical (unpaired) electrons. The number of benzene rings is 2. The van der Waals surface area contributed by atoms with Crippen LogP contribution in [0.15, 0.2) is 30.3 Å². The molecule has 3 nitrogen and oxygen atoms in total. The Morgan fingerprint density at radius 2 is 1.57 bits per heavy atom. The lowest BCUT2D eigenvalue weighted by Gasteiger charge is -2.20. The first kappa shape index (κ1) is 16.1. The van der Waals surface area contributed by atoms with Gasteiger partial charge in [0.15, 0.2) is 11.5 Å². The molecule has 0 saturated carbocycles. The van der Waals surface area contributed by atoms with Crippen molar-refractivity contribution in [3.05, 3.63) is 56.2 Å². The minimum Gasteiger partial charge on any atom is -0.493 e. The lowest BCUT2D eigenvalue weighted by atomic mass is 9.94. The summed E-state index contributed by atoms with van der Waals surface area (Å²) in [6.07, 6.45) is 0. The topological polar surface area (TPSA) is 44.5 Å². The van der Waals surface area contributed by atoms with Crippen molar-refractivity contribution < 1.29 is 9.47 Å². The van der Waals surface area contributed by atoms with Gasteiger partial charge in [-0.2, -0.15) is 0 Å². The fraction of sp³-hybridized carbons (Fsp3) is 0.294. The van der Waals surface area contributed by atoms with Crippen molar-refractivity contribution in [3.8, 4) is 11.5 Å². The molecular weight excluding hydrogens is 377 g/mol. The number of rotatable bonds is 4. The molecule has 2 aromatic rings. The quantitative estimate of drug-likeness (QED) is 0.795. The third kappa shape index (κ3) is 3.16. The van der Waals surface area contributed by atoms with Crippen LogP contribution in [-0.2, 0) is 0 Å². The molecule has 0 bridgehead atoms. The van der Waals surface area contributed by atoms with Crippen molar-refractivity contribution in [2.45, 2.75) is 19.9 Å². The fourth-order valence-corrected chi connectivity index (χ4v) is 3.10. The maximum Gasteiger partial charge on any atom is 0.161 e. The summed E-state index contributed by atoms with van der Waals surface area (Å²) in [4.78, 5) is 0. The summed E-state index contributed by atoms with van der Waals surface area (Å²) in [6, 6.07) is 9.97. The van der Waals surface area contributed by atoms with Crippen molar-refractivity contribution in [3.63, 3.8) is 0 Å². The van der Waals surface area contributed by atoms with Crippen molar-refractivity contribution in [2.24, 2.45) is 5.73 Å².